The van der Waals surface area contributed by atoms with E-state index in [9.17, 15) is 19.7 Å². The lowest BCUT2D eigenvalue weighted by Crippen LogP contribution is -2.54. The molecule has 188 valence electrons. The van der Waals surface area contributed by atoms with Crippen molar-refractivity contribution in [3.63, 3.8) is 0 Å². The Morgan fingerprint density at radius 1 is 1.00 bits per heavy atom. The molecule has 0 spiro atoms. The number of nitro groups is 1. The second-order valence-electron chi connectivity index (χ2n) is 8.14. The highest BCUT2D eigenvalue weighted by Gasteiger charge is 2.34. The van der Waals surface area contributed by atoms with Crippen LogP contribution in [-0.2, 0) is 16.2 Å². The number of non-ortho nitro benzene ring substituents is 1. The molecule has 37 heavy (non-hydrogen) atoms. The van der Waals surface area contributed by atoms with E-state index in [1.165, 1.54) is 23.1 Å². The van der Waals surface area contributed by atoms with Crippen LogP contribution >= 0.6 is 12.2 Å². The van der Waals surface area contributed by atoms with Crippen LogP contribution in [0, 0.1) is 17.0 Å². The van der Waals surface area contributed by atoms with Gasteiger partial charge in [0.05, 0.1) is 17.2 Å². The molecule has 0 saturated carbocycles. The number of nitrogens with zero attached hydrogens (tertiary/aromatic N) is 2. The number of nitro benzene ring substituents is 1. The Hall–Kier alpha value is -4.57. The van der Waals surface area contributed by atoms with Crippen LogP contribution in [0.25, 0.3) is 6.08 Å². The molecule has 3 aromatic carbocycles. The fraction of sp³-hybridized carbons (Fsp3) is 0.148. The number of rotatable bonds is 8. The van der Waals surface area contributed by atoms with Gasteiger partial charge in [-0.25, -0.2) is 0 Å². The number of nitrogens with one attached hydrogen (secondary N) is 1. The molecule has 1 fully saturated rings. The molecule has 0 aliphatic carbocycles. The Morgan fingerprint density at radius 2 is 1.70 bits per heavy atom. The minimum Gasteiger partial charge on any atom is -0.490 e. The number of carbonyl (C=O) groups excluding carboxylic acids is 2. The summed E-state index contributed by atoms with van der Waals surface area (Å²) < 4.78 is 11.6. The molecular formula is C27H23N3O6S. The van der Waals surface area contributed by atoms with Gasteiger partial charge in [-0.2, -0.15) is 0 Å². The lowest BCUT2D eigenvalue weighted by atomic mass is 10.1. The first-order valence-electron chi connectivity index (χ1n) is 11.4. The van der Waals surface area contributed by atoms with Crippen LogP contribution in [-0.4, -0.2) is 28.5 Å². The van der Waals surface area contributed by atoms with Gasteiger partial charge in [0.2, 0.25) is 0 Å². The predicted octanol–water partition coefficient (Wildman–Crippen LogP) is 4.71. The SMILES string of the molecule is CCOc1cc(/C=C2\C(=O)NC(=S)N(c3ccc(C)cc3)C2=O)ccc1OCc1ccc([N+](=O)[O-])cc1. The second kappa shape index (κ2) is 11.0. The van der Waals surface area contributed by atoms with E-state index in [0.717, 1.165) is 11.1 Å². The van der Waals surface area contributed by atoms with E-state index >= 15 is 0 Å². The van der Waals surface area contributed by atoms with Crippen LogP contribution < -0.4 is 19.7 Å². The summed E-state index contributed by atoms with van der Waals surface area (Å²) in [5, 5.41) is 13.4. The summed E-state index contributed by atoms with van der Waals surface area (Å²) >= 11 is 5.25. The normalized spacial score (nSPS) is 14.5. The van der Waals surface area contributed by atoms with E-state index in [1.807, 2.05) is 26.0 Å². The lowest BCUT2D eigenvalue weighted by molar-refractivity contribution is -0.384. The minimum absolute atomic E-state index is 0.000788. The van der Waals surface area contributed by atoms with E-state index < -0.39 is 16.7 Å². The van der Waals surface area contributed by atoms with E-state index in [0.29, 0.717) is 29.4 Å². The predicted molar refractivity (Wildman–Crippen MR) is 142 cm³/mol. The van der Waals surface area contributed by atoms with Crippen molar-refractivity contribution in [3.05, 3.63) is 99.1 Å². The van der Waals surface area contributed by atoms with Gasteiger partial charge in [-0.1, -0.05) is 23.8 Å². The molecule has 1 N–H and O–H groups in total. The van der Waals surface area contributed by atoms with Crippen LogP contribution in [0.3, 0.4) is 0 Å². The van der Waals surface area contributed by atoms with Crippen LogP contribution in [0.15, 0.2) is 72.3 Å². The topological polar surface area (TPSA) is 111 Å². The van der Waals surface area contributed by atoms with Crippen LogP contribution in [0.5, 0.6) is 11.5 Å². The van der Waals surface area contributed by atoms with Gasteiger partial charge in [-0.3, -0.25) is 29.9 Å². The molecule has 1 aliphatic rings. The molecule has 0 bridgehead atoms. The van der Waals surface area contributed by atoms with Crippen molar-refractivity contribution in [2.45, 2.75) is 20.5 Å². The number of hydrogen-bond acceptors (Lipinski definition) is 7. The van der Waals surface area contributed by atoms with Gasteiger partial charge in [0, 0.05) is 12.1 Å². The lowest BCUT2D eigenvalue weighted by Gasteiger charge is -2.29. The largest absolute Gasteiger partial charge is 0.490 e. The number of benzene rings is 3. The fourth-order valence-electron chi connectivity index (χ4n) is 3.63. The van der Waals surface area contributed by atoms with E-state index in [4.69, 9.17) is 21.7 Å². The number of amides is 2. The quantitative estimate of drug-likeness (QED) is 0.151. The van der Waals surface area contributed by atoms with Crippen molar-refractivity contribution in [1.82, 2.24) is 5.32 Å². The first-order chi connectivity index (χ1) is 17.8. The second-order valence-corrected chi connectivity index (χ2v) is 8.53. The maximum absolute atomic E-state index is 13.3. The highest BCUT2D eigenvalue weighted by Crippen LogP contribution is 2.31. The maximum Gasteiger partial charge on any atom is 0.270 e. The molecule has 0 radical (unpaired) electrons. The molecule has 0 unspecified atom stereocenters. The van der Waals surface area contributed by atoms with Gasteiger partial charge in [0.25, 0.3) is 17.5 Å². The zero-order valence-corrected chi connectivity index (χ0v) is 20.9. The molecule has 9 nitrogen and oxygen atoms in total. The third kappa shape index (κ3) is 5.81. The van der Waals surface area contributed by atoms with Crippen LogP contribution in [0.4, 0.5) is 11.4 Å². The smallest absolute Gasteiger partial charge is 0.270 e. The molecule has 0 aromatic heterocycles. The number of thiocarbonyl (C=S) groups is 1. The van der Waals surface area contributed by atoms with Crippen LogP contribution in [0.1, 0.15) is 23.6 Å². The average Bonchev–Trinajstić information content (AvgIpc) is 2.87. The Kier molecular flexibility index (Phi) is 7.59. The molecule has 1 aliphatic heterocycles. The van der Waals surface area contributed by atoms with E-state index in [-0.39, 0.29) is 23.0 Å². The maximum atomic E-state index is 13.3. The molecule has 3 aromatic rings. The Labute approximate surface area is 218 Å². The third-order valence-electron chi connectivity index (χ3n) is 5.51. The first kappa shape index (κ1) is 25.5. The van der Waals surface area contributed by atoms with Gasteiger partial charge >= 0.3 is 0 Å². The Morgan fingerprint density at radius 3 is 2.35 bits per heavy atom. The molecule has 2 amide bonds. The molecule has 10 heteroatoms. The highest BCUT2D eigenvalue weighted by atomic mass is 32.1. The summed E-state index contributed by atoms with van der Waals surface area (Å²) in [6.07, 6.45) is 1.48. The van der Waals surface area contributed by atoms with E-state index in [1.54, 1.807) is 42.5 Å². The summed E-state index contributed by atoms with van der Waals surface area (Å²) in [6, 6.07) is 18.3. The summed E-state index contributed by atoms with van der Waals surface area (Å²) in [6.45, 7) is 4.29. The van der Waals surface area contributed by atoms with Crippen molar-refractivity contribution in [2.24, 2.45) is 0 Å². The van der Waals surface area contributed by atoms with Gasteiger partial charge in [0.15, 0.2) is 16.6 Å². The molecular weight excluding hydrogens is 494 g/mol. The van der Waals surface area contributed by atoms with Gasteiger partial charge < -0.3 is 9.47 Å². The summed E-state index contributed by atoms with van der Waals surface area (Å²) in [5.41, 5.74) is 2.81. The zero-order chi connectivity index (χ0) is 26.5. The van der Waals surface area contributed by atoms with Crippen molar-refractivity contribution < 1.29 is 24.0 Å². The summed E-state index contributed by atoms with van der Waals surface area (Å²) in [4.78, 5) is 37.6. The van der Waals surface area contributed by atoms with Gasteiger partial charge in [-0.05, 0) is 79.7 Å². The van der Waals surface area contributed by atoms with Gasteiger partial charge in [0.1, 0.15) is 12.2 Å². The number of anilines is 1. The number of hydrogen-bond donors (Lipinski definition) is 1. The first-order valence-corrected chi connectivity index (χ1v) is 11.8. The van der Waals surface area contributed by atoms with Gasteiger partial charge in [-0.15, -0.1) is 0 Å². The summed E-state index contributed by atoms with van der Waals surface area (Å²) in [7, 11) is 0. The van der Waals surface area contributed by atoms with Crippen molar-refractivity contribution >= 4 is 46.6 Å². The standard InChI is InChI=1S/C27H23N3O6S/c1-3-35-24-15-19(8-13-23(24)36-16-18-6-11-21(12-7-18)30(33)34)14-22-25(31)28-27(37)29(26(22)32)20-9-4-17(2)5-10-20/h4-15H,3,16H2,1-2H3,(H,28,31,37)/b22-14+. The molecule has 0 atom stereocenters. The number of ether oxygens (including phenoxy) is 2. The van der Waals surface area contributed by atoms with E-state index in [2.05, 4.69) is 5.32 Å². The monoisotopic (exact) mass is 517 g/mol. The Balaban J connectivity index is 1.57. The molecule has 4 rings (SSSR count). The average molecular weight is 518 g/mol. The number of carbonyl (C=O) groups is 2. The zero-order valence-electron chi connectivity index (χ0n) is 20.1. The van der Waals surface area contributed by atoms with Crippen molar-refractivity contribution in [2.75, 3.05) is 11.5 Å². The van der Waals surface area contributed by atoms with Crippen LogP contribution in [0.2, 0.25) is 0 Å². The number of aryl methyl sites for hydroxylation is 1. The van der Waals surface area contributed by atoms with Crippen molar-refractivity contribution in [3.8, 4) is 11.5 Å². The summed E-state index contributed by atoms with van der Waals surface area (Å²) in [5.74, 6) is -0.249. The highest BCUT2D eigenvalue weighted by molar-refractivity contribution is 7.80. The Bertz CT molecular complexity index is 1400. The molecule has 1 saturated heterocycles. The molecule has 1 heterocycles. The van der Waals surface area contributed by atoms with Crippen molar-refractivity contribution in [1.29, 1.82) is 0 Å². The fourth-order valence-corrected chi connectivity index (χ4v) is 3.91. The minimum atomic E-state index is -0.588. The third-order valence-corrected chi connectivity index (χ3v) is 5.80.